The first kappa shape index (κ1) is 13.6. The van der Waals surface area contributed by atoms with E-state index in [2.05, 4.69) is 27.3 Å². The third kappa shape index (κ3) is 2.88. The van der Waals surface area contributed by atoms with Gasteiger partial charge in [0.1, 0.15) is 5.75 Å². The topological polar surface area (TPSA) is 80.5 Å². The zero-order valence-corrected chi connectivity index (χ0v) is 11.6. The van der Waals surface area contributed by atoms with E-state index >= 15 is 0 Å². The third-order valence-corrected chi connectivity index (χ3v) is 2.83. The van der Waals surface area contributed by atoms with Gasteiger partial charge in [-0.2, -0.15) is 0 Å². The summed E-state index contributed by atoms with van der Waals surface area (Å²) in [5.74, 6) is 1.64. The minimum Gasteiger partial charge on any atom is -0.438 e. The Bertz CT molecular complexity index is 828. The quantitative estimate of drug-likeness (QED) is 0.683. The van der Waals surface area contributed by atoms with Crippen molar-refractivity contribution >= 4 is 23.6 Å². The lowest BCUT2D eigenvalue weighted by molar-refractivity contribution is -0.105. The van der Waals surface area contributed by atoms with Gasteiger partial charge in [-0.3, -0.25) is 4.79 Å². The van der Waals surface area contributed by atoms with Crippen LogP contribution in [0.3, 0.4) is 0 Å². The van der Waals surface area contributed by atoms with Crippen LogP contribution in [0.2, 0.25) is 0 Å². The minimum atomic E-state index is 0.415. The lowest BCUT2D eigenvalue weighted by Crippen LogP contribution is -1.96. The fraction of sp³-hybridized carbons (Fsp3) is 0. The number of nitrogens with one attached hydrogen (secondary N) is 2. The van der Waals surface area contributed by atoms with Crippen LogP contribution in [-0.2, 0) is 4.79 Å². The Balaban J connectivity index is 1.85. The van der Waals surface area contributed by atoms with Crippen LogP contribution in [0.1, 0.15) is 0 Å². The molecule has 0 bridgehead atoms. The highest BCUT2D eigenvalue weighted by molar-refractivity contribution is 5.71. The molecule has 2 N–H and O–H groups in total. The summed E-state index contributed by atoms with van der Waals surface area (Å²) in [6, 6.07) is 10.5. The van der Waals surface area contributed by atoms with Crippen LogP contribution in [0.15, 0.2) is 55.4 Å². The van der Waals surface area contributed by atoms with Crippen LogP contribution < -0.4 is 15.4 Å². The molecule has 1 aromatic carbocycles. The fourth-order valence-electron chi connectivity index (χ4n) is 1.93. The average molecular weight is 295 g/mol. The van der Waals surface area contributed by atoms with Crippen LogP contribution in [0.25, 0.3) is 5.65 Å². The fourth-order valence-corrected chi connectivity index (χ4v) is 1.93. The Morgan fingerprint density at radius 1 is 1.23 bits per heavy atom. The highest BCUT2D eigenvalue weighted by Crippen LogP contribution is 2.23. The van der Waals surface area contributed by atoms with Crippen LogP contribution in [0.4, 0.5) is 11.5 Å². The molecule has 0 saturated carbocycles. The first-order valence-electron chi connectivity index (χ1n) is 6.50. The van der Waals surface area contributed by atoms with Crippen molar-refractivity contribution in [2.24, 2.45) is 0 Å². The summed E-state index contributed by atoms with van der Waals surface area (Å²) in [5.41, 5.74) is 1.33. The molecule has 0 aliphatic heterocycles. The lowest BCUT2D eigenvalue weighted by Gasteiger charge is -2.06. The second-order valence-electron chi connectivity index (χ2n) is 4.34. The molecular formula is C15H13N5O2. The molecule has 110 valence electrons. The highest BCUT2D eigenvalue weighted by atomic mass is 16.5. The van der Waals surface area contributed by atoms with Crippen molar-refractivity contribution in [3.05, 3.63) is 55.4 Å². The predicted octanol–water partition coefficient (Wildman–Crippen LogP) is 2.65. The van der Waals surface area contributed by atoms with Crippen LogP contribution in [0, 0.1) is 0 Å². The molecule has 22 heavy (non-hydrogen) atoms. The zero-order chi connectivity index (χ0) is 15.4. The van der Waals surface area contributed by atoms with E-state index in [1.54, 1.807) is 53.3 Å². The van der Waals surface area contributed by atoms with Gasteiger partial charge in [-0.05, 0) is 24.4 Å². The van der Waals surface area contributed by atoms with Gasteiger partial charge in [-0.15, -0.1) is 5.10 Å². The van der Waals surface area contributed by atoms with Gasteiger partial charge in [-0.25, -0.2) is 9.50 Å². The molecule has 0 saturated heterocycles. The summed E-state index contributed by atoms with van der Waals surface area (Å²) in [7, 11) is 0. The number of fused-ring (bicyclic) bond motifs is 1. The monoisotopic (exact) mass is 295 g/mol. The zero-order valence-electron chi connectivity index (χ0n) is 11.6. The number of aromatic nitrogens is 3. The molecule has 0 atom stereocenters. The smallest absolute Gasteiger partial charge is 0.237 e. The summed E-state index contributed by atoms with van der Waals surface area (Å²) in [6.07, 6.45) is 3.89. The number of rotatable bonds is 6. The molecule has 2 heterocycles. The van der Waals surface area contributed by atoms with E-state index in [1.807, 2.05) is 0 Å². The first-order valence-corrected chi connectivity index (χ1v) is 6.50. The average Bonchev–Trinajstić information content (AvgIpc) is 2.90. The maximum absolute atomic E-state index is 10.5. The number of hydrogen-bond donors (Lipinski definition) is 2. The minimum absolute atomic E-state index is 0.415. The molecule has 0 spiro atoms. The number of amides is 1. The van der Waals surface area contributed by atoms with Crippen molar-refractivity contribution in [1.29, 1.82) is 0 Å². The van der Waals surface area contributed by atoms with E-state index in [1.165, 1.54) is 0 Å². The van der Waals surface area contributed by atoms with E-state index in [4.69, 9.17) is 4.74 Å². The maximum Gasteiger partial charge on any atom is 0.237 e. The van der Waals surface area contributed by atoms with Gasteiger partial charge in [-0.1, -0.05) is 12.6 Å². The molecule has 7 heteroatoms. The summed E-state index contributed by atoms with van der Waals surface area (Å²) >= 11 is 0. The SMILES string of the molecule is C=CNc1cn2nc(Oc3cccc(NC=O)c3)ccc2n1. The number of imidazole rings is 1. The van der Waals surface area contributed by atoms with Crippen LogP contribution in [0.5, 0.6) is 11.6 Å². The molecule has 2 aromatic heterocycles. The molecule has 1 amide bonds. The van der Waals surface area contributed by atoms with E-state index in [0.29, 0.717) is 35.2 Å². The van der Waals surface area contributed by atoms with Crippen molar-refractivity contribution in [3.8, 4) is 11.6 Å². The van der Waals surface area contributed by atoms with Gasteiger partial charge >= 0.3 is 0 Å². The van der Waals surface area contributed by atoms with E-state index in [9.17, 15) is 4.79 Å². The Kier molecular flexibility index (Phi) is 3.69. The standard InChI is InChI=1S/C15H13N5O2/c1-2-16-13-9-20-14(18-13)6-7-15(19-20)22-12-5-3-4-11(8-12)17-10-21/h2-10,16H,1H2,(H,17,21). The number of carbonyl (C=O) groups is 1. The number of nitrogens with zero attached hydrogens (tertiary/aromatic N) is 3. The number of anilines is 2. The van der Waals surface area contributed by atoms with Crippen molar-refractivity contribution < 1.29 is 9.53 Å². The first-order chi connectivity index (χ1) is 10.8. The predicted molar refractivity (Wildman–Crippen MR) is 83.0 cm³/mol. The van der Waals surface area contributed by atoms with Crippen molar-refractivity contribution in [2.45, 2.75) is 0 Å². The molecule has 3 aromatic rings. The van der Waals surface area contributed by atoms with Crippen molar-refractivity contribution in [1.82, 2.24) is 14.6 Å². The summed E-state index contributed by atoms with van der Waals surface area (Å²) in [5, 5.41) is 9.78. The van der Waals surface area contributed by atoms with Crippen LogP contribution >= 0.6 is 0 Å². The molecule has 0 aliphatic rings. The second kappa shape index (κ2) is 5.96. The molecule has 3 rings (SSSR count). The van der Waals surface area contributed by atoms with Gasteiger partial charge in [0.2, 0.25) is 12.3 Å². The third-order valence-electron chi connectivity index (χ3n) is 2.83. The maximum atomic E-state index is 10.5. The Morgan fingerprint density at radius 2 is 2.14 bits per heavy atom. The summed E-state index contributed by atoms with van der Waals surface area (Å²) < 4.78 is 7.29. The molecule has 0 fully saturated rings. The normalized spacial score (nSPS) is 10.2. The van der Waals surface area contributed by atoms with E-state index in [-0.39, 0.29) is 0 Å². The van der Waals surface area contributed by atoms with E-state index < -0.39 is 0 Å². The summed E-state index contributed by atoms with van der Waals surface area (Å²) in [6.45, 7) is 3.59. The lowest BCUT2D eigenvalue weighted by atomic mass is 10.3. The van der Waals surface area contributed by atoms with Crippen LogP contribution in [-0.4, -0.2) is 21.0 Å². The molecule has 0 aliphatic carbocycles. The van der Waals surface area contributed by atoms with Gasteiger partial charge in [0.25, 0.3) is 0 Å². The van der Waals surface area contributed by atoms with Gasteiger partial charge in [0, 0.05) is 17.8 Å². The second-order valence-corrected chi connectivity index (χ2v) is 4.34. The molecule has 0 radical (unpaired) electrons. The molecule has 0 unspecified atom stereocenters. The van der Waals surface area contributed by atoms with Gasteiger partial charge in [0.15, 0.2) is 11.5 Å². The Labute approximate surface area is 126 Å². The molecular weight excluding hydrogens is 282 g/mol. The van der Waals surface area contributed by atoms with Gasteiger partial charge in [0.05, 0.1) is 6.20 Å². The number of ether oxygens (including phenoxy) is 1. The Hall–Kier alpha value is -3.35. The highest BCUT2D eigenvalue weighted by Gasteiger charge is 2.05. The molecule has 7 nitrogen and oxygen atoms in total. The largest absolute Gasteiger partial charge is 0.438 e. The number of hydrogen-bond acceptors (Lipinski definition) is 5. The van der Waals surface area contributed by atoms with Gasteiger partial charge < -0.3 is 15.4 Å². The summed E-state index contributed by atoms with van der Waals surface area (Å²) in [4.78, 5) is 14.8. The van der Waals surface area contributed by atoms with E-state index in [0.717, 1.165) is 0 Å². The van der Waals surface area contributed by atoms with Crippen molar-refractivity contribution in [2.75, 3.05) is 10.6 Å². The Morgan fingerprint density at radius 3 is 2.95 bits per heavy atom. The number of carbonyl (C=O) groups excluding carboxylic acids is 1. The van der Waals surface area contributed by atoms with Crippen molar-refractivity contribution in [3.63, 3.8) is 0 Å². The number of benzene rings is 1.